The van der Waals surface area contributed by atoms with Crippen LogP contribution >= 0.6 is 11.8 Å². The average molecular weight is 391 g/mol. The van der Waals surface area contributed by atoms with Gasteiger partial charge in [0, 0.05) is 19.6 Å². The van der Waals surface area contributed by atoms with Crippen LogP contribution in [0.5, 0.6) is 0 Å². The van der Waals surface area contributed by atoms with E-state index in [9.17, 15) is 9.18 Å². The zero-order chi connectivity index (χ0) is 19.4. The molecule has 0 radical (unpaired) electrons. The number of carbonyl (C=O) groups is 1. The Hall–Kier alpha value is -1.89. The van der Waals surface area contributed by atoms with Crippen LogP contribution < -0.4 is 0 Å². The van der Waals surface area contributed by atoms with E-state index < -0.39 is 0 Å². The van der Waals surface area contributed by atoms with Crippen LogP contribution in [0.25, 0.3) is 11.4 Å². The molecule has 0 spiro atoms. The Labute approximate surface area is 164 Å². The van der Waals surface area contributed by atoms with Gasteiger partial charge in [-0.2, -0.15) is 0 Å². The topological polar surface area (TPSA) is 51.0 Å². The van der Waals surface area contributed by atoms with E-state index in [1.165, 1.54) is 37.1 Å². The summed E-state index contributed by atoms with van der Waals surface area (Å²) in [7, 11) is 1.81. The number of rotatable bonds is 6. The number of hydrogen-bond acceptors (Lipinski definition) is 4. The van der Waals surface area contributed by atoms with Crippen molar-refractivity contribution >= 4 is 17.7 Å². The van der Waals surface area contributed by atoms with Gasteiger partial charge in [-0.3, -0.25) is 4.79 Å². The van der Waals surface area contributed by atoms with Crippen molar-refractivity contribution in [3.05, 3.63) is 30.1 Å². The van der Waals surface area contributed by atoms with Gasteiger partial charge in [-0.15, -0.1) is 10.2 Å². The minimum Gasteiger partial charge on any atom is -0.339 e. The van der Waals surface area contributed by atoms with E-state index in [4.69, 9.17) is 0 Å². The van der Waals surface area contributed by atoms with Crippen molar-refractivity contribution < 1.29 is 9.18 Å². The molecular formula is C20H27FN4OS. The van der Waals surface area contributed by atoms with Gasteiger partial charge in [0.1, 0.15) is 5.82 Å². The lowest BCUT2D eigenvalue weighted by molar-refractivity contribution is -0.133. The van der Waals surface area contributed by atoms with E-state index in [1.54, 1.807) is 29.8 Å². The summed E-state index contributed by atoms with van der Waals surface area (Å²) in [6.45, 7) is 4.69. The fourth-order valence-electron chi connectivity index (χ4n) is 3.72. The van der Waals surface area contributed by atoms with E-state index in [0.29, 0.717) is 22.6 Å². The second-order valence-electron chi connectivity index (χ2n) is 7.02. The van der Waals surface area contributed by atoms with Crippen LogP contribution in [0.3, 0.4) is 0 Å². The predicted octanol–water partition coefficient (Wildman–Crippen LogP) is 4.28. The highest BCUT2D eigenvalue weighted by atomic mass is 32.2. The van der Waals surface area contributed by atoms with E-state index in [1.807, 2.05) is 18.7 Å². The molecule has 3 rings (SSSR count). The number of aromatic nitrogens is 3. The van der Waals surface area contributed by atoms with Gasteiger partial charge in [-0.05, 0) is 38.8 Å². The molecule has 7 heteroatoms. The molecule has 0 aliphatic heterocycles. The van der Waals surface area contributed by atoms with Crippen LogP contribution in [-0.2, 0) is 11.8 Å². The van der Waals surface area contributed by atoms with Crippen LogP contribution in [0.4, 0.5) is 4.39 Å². The van der Waals surface area contributed by atoms with Gasteiger partial charge in [0.15, 0.2) is 11.0 Å². The van der Waals surface area contributed by atoms with E-state index >= 15 is 0 Å². The number of amides is 1. The molecule has 1 aliphatic carbocycles. The summed E-state index contributed by atoms with van der Waals surface area (Å²) < 4.78 is 15.8. The van der Waals surface area contributed by atoms with Crippen LogP contribution in [0, 0.1) is 5.82 Å². The molecule has 0 unspecified atom stereocenters. The lowest BCUT2D eigenvalue weighted by Gasteiger charge is -2.35. The van der Waals surface area contributed by atoms with E-state index in [0.717, 1.165) is 19.4 Å². The summed E-state index contributed by atoms with van der Waals surface area (Å²) in [6, 6.07) is 6.87. The third-order valence-electron chi connectivity index (χ3n) is 5.22. The minimum absolute atomic E-state index is 0.143. The zero-order valence-corrected chi connectivity index (χ0v) is 17.0. The van der Waals surface area contributed by atoms with Gasteiger partial charge >= 0.3 is 0 Å². The second kappa shape index (κ2) is 8.87. The molecule has 1 fully saturated rings. The van der Waals surface area contributed by atoms with Crippen molar-refractivity contribution in [3.63, 3.8) is 0 Å². The molecule has 0 N–H and O–H groups in total. The summed E-state index contributed by atoms with van der Waals surface area (Å²) in [6.07, 6.45) is 5.86. The fourth-order valence-corrected chi connectivity index (χ4v) is 4.61. The highest BCUT2D eigenvalue weighted by Crippen LogP contribution is 2.29. The Morgan fingerprint density at radius 1 is 1.30 bits per heavy atom. The van der Waals surface area contributed by atoms with Crippen LogP contribution in [0.15, 0.2) is 29.4 Å². The van der Waals surface area contributed by atoms with Gasteiger partial charge in [-0.1, -0.05) is 43.2 Å². The van der Waals surface area contributed by atoms with E-state index in [2.05, 4.69) is 10.2 Å². The molecular weight excluding hydrogens is 363 g/mol. The average Bonchev–Trinajstić information content (AvgIpc) is 3.04. The standard InChI is InChI=1S/C20H27FN4OS/c1-4-25(15-10-6-5-7-11-15)19(26)14(2)27-20-23-22-18(24(20)3)16-12-8-9-13-17(16)21/h8-9,12-15H,4-7,10-11H2,1-3H3/t14-/m1/s1. The molecule has 27 heavy (non-hydrogen) atoms. The number of thioether (sulfide) groups is 1. The Morgan fingerprint density at radius 2 is 2.00 bits per heavy atom. The normalized spacial score (nSPS) is 16.3. The monoisotopic (exact) mass is 390 g/mol. The second-order valence-corrected chi connectivity index (χ2v) is 8.33. The summed E-state index contributed by atoms with van der Waals surface area (Å²) >= 11 is 1.38. The number of carbonyl (C=O) groups excluding carboxylic acids is 1. The maximum Gasteiger partial charge on any atom is 0.236 e. The molecule has 1 saturated carbocycles. The lowest BCUT2D eigenvalue weighted by Crippen LogP contribution is -2.44. The van der Waals surface area contributed by atoms with Crippen molar-refractivity contribution in [1.82, 2.24) is 19.7 Å². The van der Waals surface area contributed by atoms with Gasteiger partial charge < -0.3 is 9.47 Å². The Balaban J connectivity index is 1.73. The maximum atomic E-state index is 14.1. The molecule has 1 amide bonds. The highest BCUT2D eigenvalue weighted by Gasteiger charge is 2.29. The van der Waals surface area contributed by atoms with Crippen molar-refractivity contribution in [2.24, 2.45) is 7.05 Å². The third-order valence-corrected chi connectivity index (χ3v) is 6.34. The van der Waals surface area contributed by atoms with Gasteiger partial charge in [0.25, 0.3) is 0 Å². The fraction of sp³-hybridized carbons (Fsp3) is 0.550. The molecule has 2 aromatic rings. The van der Waals surface area contributed by atoms with Crippen LogP contribution in [0.2, 0.25) is 0 Å². The third kappa shape index (κ3) is 4.34. The van der Waals surface area contributed by atoms with Gasteiger partial charge in [0.2, 0.25) is 5.91 Å². The Bertz CT molecular complexity index is 788. The summed E-state index contributed by atoms with van der Waals surface area (Å²) in [5.41, 5.74) is 0.413. The first-order valence-electron chi connectivity index (χ1n) is 9.64. The first-order chi connectivity index (χ1) is 13.0. The summed E-state index contributed by atoms with van der Waals surface area (Å²) in [5.74, 6) is 0.280. The largest absolute Gasteiger partial charge is 0.339 e. The Kier molecular flexibility index (Phi) is 6.52. The van der Waals surface area contributed by atoms with Crippen molar-refractivity contribution in [3.8, 4) is 11.4 Å². The molecule has 1 atom stereocenters. The molecule has 1 aliphatic rings. The molecule has 1 aromatic carbocycles. The number of benzene rings is 1. The molecule has 1 heterocycles. The van der Waals surface area contributed by atoms with Crippen molar-refractivity contribution in [2.75, 3.05) is 6.54 Å². The Morgan fingerprint density at radius 3 is 2.67 bits per heavy atom. The first-order valence-corrected chi connectivity index (χ1v) is 10.5. The first kappa shape index (κ1) is 19.9. The molecule has 5 nitrogen and oxygen atoms in total. The number of halogens is 1. The quantitative estimate of drug-likeness (QED) is 0.691. The number of nitrogens with zero attached hydrogens (tertiary/aromatic N) is 4. The maximum absolute atomic E-state index is 14.1. The molecule has 146 valence electrons. The zero-order valence-electron chi connectivity index (χ0n) is 16.2. The minimum atomic E-state index is -0.330. The van der Waals surface area contributed by atoms with E-state index in [-0.39, 0.29) is 17.0 Å². The predicted molar refractivity (Wildman–Crippen MR) is 106 cm³/mol. The van der Waals surface area contributed by atoms with Crippen molar-refractivity contribution in [2.45, 2.75) is 62.4 Å². The van der Waals surface area contributed by atoms with Crippen molar-refractivity contribution in [1.29, 1.82) is 0 Å². The summed E-state index contributed by atoms with van der Waals surface area (Å²) in [4.78, 5) is 15.0. The SMILES string of the molecule is CCN(C(=O)[C@@H](C)Sc1nnc(-c2ccccc2F)n1C)C1CCCCC1. The highest BCUT2D eigenvalue weighted by molar-refractivity contribution is 8.00. The smallest absolute Gasteiger partial charge is 0.236 e. The lowest BCUT2D eigenvalue weighted by atomic mass is 9.94. The molecule has 0 bridgehead atoms. The van der Waals surface area contributed by atoms with Gasteiger partial charge in [-0.25, -0.2) is 4.39 Å². The summed E-state index contributed by atoms with van der Waals surface area (Å²) in [5, 5.41) is 8.69. The van der Waals surface area contributed by atoms with Crippen LogP contribution in [0.1, 0.15) is 46.0 Å². The van der Waals surface area contributed by atoms with Crippen LogP contribution in [-0.4, -0.2) is 43.4 Å². The molecule has 0 saturated heterocycles. The van der Waals surface area contributed by atoms with Gasteiger partial charge in [0.05, 0.1) is 10.8 Å². The number of hydrogen-bond donors (Lipinski definition) is 0. The molecule has 1 aromatic heterocycles.